The fourth-order valence-corrected chi connectivity index (χ4v) is 2.85. The lowest BCUT2D eigenvalue weighted by atomic mass is 9.96. The Labute approximate surface area is 152 Å². The number of hydrogen-bond donors (Lipinski definition) is 1. The Kier molecular flexibility index (Phi) is 5.11. The lowest BCUT2D eigenvalue weighted by Crippen LogP contribution is -2.28. The lowest BCUT2D eigenvalue weighted by molar-refractivity contribution is -0.150. The van der Waals surface area contributed by atoms with E-state index in [0.29, 0.717) is 17.2 Å². The minimum absolute atomic E-state index is 0.345. The van der Waals surface area contributed by atoms with E-state index in [1.807, 2.05) is 30.3 Å². The summed E-state index contributed by atoms with van der Waals surface area (Å²) in [4.78, 5) is 24.6. The van der Waals surface area contributed by atoms with Crippen LogP contribution in [0.1, 0.15) is 18.4 Å². The second kappa shape index (κ2) is 7.47. The highest BCUT2D eigenvalue weighted by Crippen LogP contribution is 2.49. The van der Waals surface area contributed by atoms with Crippen molar-refractivity contribution >= 4 is 17.6 Å². The molecule has 136 valence electrons. The summed E-state index contributed by atoms with van der Waals surface area (Å²) in [6.45, 7) is -0.345. The highest BCUT2D eigenvalue weighted by Gasteiger charge is 2.52. The SMILES string of the molecule is COc1ccc(NC(=O)COC(=O)C2(c3ccccc3)CC2)c(OC)c1. The van der Waals surface area contributed by atoms with Gasteiger partial charge < -0.3 is 19.5 Å². The van der Waals surface area contributed by atoms with Gasteiger partial charge in [0.05, 0.1) is 25.3 Å². The molecule has 0 bridgehead atoms. The molecular formula is C20H21NO5. The molecular weight excluding hydrogens is 334 g/mol. The molecule has 0 atom stereocenters. The smallest absolute Gasteiger partial charge is 0.317 e. The largest absolute Gasteiger partial charge is 0.497 e. The number of rotatable bonds is 7. The topological polar surface area (TPSA) is 73.9 Å². The third kappa shape index (κ3) is 3.64. The Morgan fingerprint density at radius 2 is 1.77 bits per heavy atom. The van der Waals surface area contributed by atoms with Crippen LogP contribution >= 0.6 is 0 Å². The second-order valence-corrected chi connectivity index (χ2v) is 6.14. The van der Waals surface area contributed by atoms with Gasteiger partial charge in [-0.2, -0.15) is 0 Å². The molecule has 0 aliphatic heterocycles. The molecule has 1 aliphatic carbocycles. The van der Waals surface area contributed by atoms with E-state index >= 15 is 0 Å². The van der Waals surface area contributed by atoms with E-state index in [1.54, 1.807) is 25.3 Å². The van der Waals surface area contributed by atoms with Crippen LogP contribution < -0.4 is 14.8 Å². The van der Waals surface area contributed by atoms with Crippen molar-refractivity contribution in [2.45, 2.75) is 18.3 Å². The first kappa shape index (κ1) is 17.8. The van der Waals surface area contributed by atoms with Gasteiger partial charge in [-0.3, -0.25) is 9.59 Å². The first-order chi connectivity index (χ1) is 12.6. The number of hydrogen-bond acceptors (Lipinski definition) is 5. The van der Waals surface area contributed by atoms with Crippen LogP contribution in [0.2, 0.25) is 0 Å². The number of esters is 1. The molecule has 0 unspecified atom stereocenters. The zero-order chi connectivity index (χ0) is 18.6. The van der Waals surface area contributed by atoms with Crippen LogP contribution in [0.5, 0.6) is 11.5 Å². The maximum atomic E-state index is 12.4. The number of carbonyl (C=O) groups excluding carboxylic acids is 2. The number of ether oxygens (including phenoxy) is 3. The van der Waals surface area contributed by atoms with E-state index < -0.39 is 11.3 Å². The molecule has 1 amide bonds. The summed E-state index contributed by atoms with van der Waals surface area (Å²) in [5, 5.41) is 2.68. The number of anilines is 1. The van der Waals surface area contributed by atoms with Gasteiger partial charge >= 0.3 is 5.97 Å². The van der Waals surface area contributed by atoms with E-state index in [1.165, 1.54) is 7.11 Å². The molecule has 0 radical (unpaired) electrons. The average Bonchev–Trinajstić information content (AvgIpc) is 3.49. The number of benzene rings is 2. The predicted octanol–water partition coefficient (Wildman–Crippen LogP) is 2.92. The molecule has 0 heterocycles. The van der Waals surface area contributed by atoms with Crippen molar-refractivity contribution in [1.82, 2.24) is 0 Å². The summed E-state index contributed by atoms with van der Waals surface area (Å²) in [6.07, 6.45) is 1.48. The first-order valence-electron chi connectivity index (χ1n) is 8.34. The van der Waals surface area contributed by atoms with Crippen LogP contribution in [-0.4, -0.2) is 32.7 Å². The van der Waals surface area contributed by atoms with E-state index in [4.69, 9.17) is 14.2 Å². The Hall–Kier alpha value is -3.02. The van der Waals surface area contributed by atoms with Gasteiger partial charge in [-0.1, -0.05) is 30.3 Å². The monoisotopic (exact) mass is 355 g/mol. The van der Waals surface area contributed by atoms with Crippen LogP contribution in [0.25, 0.3) is 0 Å². The lowest BCUT2D eigenvalue weighted by Gasteiger charge is -2.15. The van der Waals surface area contributed by atoms with Crippen molar-refractivity contribution in [1.29, 1.82) is 0 Å². The average molecular weight is 355 g/mol. The van der Waals surface area contributed by atoms with Crippen molar-refractivity contribution in [3.05, 3.63) is 54.1 Å². The molecule has 6 nitrogen and oxygen atoms in total. The zero-order valence-electron chi connectivity index (χ0n) is 14.8. The quantitative estimate of drug-likeness (QED) is 0.773. The van der Waals surface area contributed by atoms with Crippen LogP contribution in [0, 0.1) is 0 Å². The molecule has 1 N–H and O–H groups in total. The Bertz CT molecular complexity index is 799. The van der Waals surface area contributed by atoms with Crippen LogP contribution in [-0.2, 0) is 19.7 Å². The predicted molar refractivity (Wildman–Crippen MR) is 96.5 cm³/mol. The molecule has 2 aromatic rings. The van der Waals surface area contributed by atoms with Gasteiger partial charge in [-0.05, 0) is 30.5 Å². The number of nitrogens with one attached hydrogen (secondary N) is 1. The third-order valence-corrected chi connectivity index (χ3v) is 4.48. The van der Waals surface area contributed by atoms with Gasteiger partial charge in [0.25, 0.3) is 5.91 Å². The fourth-order valence-electron chi connectivity index (χ4n) is 2.85. The highest BCUT2D eigenvalue weighted by molar-refractivity contribution is 5.95. The number of methoxy groups -OCH3 is 2. The van der Waals surface area contributed by atoms with Crippen molar-refractivity contribution < 1.29 is 23.8 Å². The van der Waals surface area contributed by atoms with E-state index in [0.717, 1.165) is 18.4 Å². The normalized spacial score (nSPS) is 14.2. The van der Waals surface area contributed by atoms with E-state index in [9.17, 15) is 9.59 Å². The standard InChI is InChI=1S/C20H21NO5/c1-24-15-8-9-16(17(12-15)25-2)21-18(22)13-26-19(23)20(10-11-20)14-6-4-3-5-7-14/h3-9,12H,10-11,13H2,1-2H3,(H,21,22). The summed E-state index contributed by atoms with van der Waals surface area (Å²) < 4.78 is 15.6. The minimum Gasteiger partial charge on any atom is -0.497 e. The third-order valence-electron chi connectivity index (χ3n) is 4.48. The van der Waals surface area contributed by atoms with Crippen molar-refractivity contribution in [3.63, 3.8) is 0 Å². The maximum absolute atomic E-state index is 12.4. The molecule has 26 heavy (non-hydrogen) atoms. The molecule has 0 saturated heterocycles. The summed E-state index contributed by atoms with van der Waals surface area (Å²) >= 11 is 0. The molecule has 0 spiro atoms. The highest BCUT2D eigenvalue weighted by atomic mass is 16.5. The van der Waals surface area contributed by atoms with Crippen molar-refractivity contribution in [2.24, 2.45) is 0 Å². The molecule has 6 heteroatoms. The van der Waals surface area contributed by atoms with E-state index in [-0.39, 0.29) is 12.6 Å². The molecule has 3 rings (SSSR count). The Balaban J connectivity index is 1.59. The molecule has 0 aromatic heterocycles. The van der Waals surface area contributed by atoms with Gasteiger partial charge in [0.15, 0.2) is 6.61 Å². The summed E-state index contributed by atoms with van der Waals surface area (Å²) in [5.74, 6) is 0.294. The van der Waals surface area contributed by atoms with Gasteiger partial charge in [0.2, 0.25) is 0 Å². The van der Waals surface area contributed by atoms with Gasteiger partial charge in [-0.15, -0.1) is 0 Å². The van der Waals surface area contributed by atoms with Gasteiger partial charge in [0, 0.05) is 6.07 Å². The molecule has 2 aromatic carbocycles. The molecule has 1 fully saturated rings. The Morgan fingerprint density at radius 3 is 2.38 bits per heavy atom. The fraction of sp³-hybridized carbons (Fsp3) is 0.300. The minimum atomic E-state index is -0.598. The number of carbonyl (C=O) groups is 2. The molecule has 1 saturated carbocycles. The summed E-state index contributed by atoms with van der Waals surface area (Å²) in [5.41, 5.74) is 0.820. The van der Waals surface area contributed by atoms with Crippen LogP contribution in [0.4, 0.5) is 5.69 Å². The molecule has 1 aliphatic rings. The number of amides is 1. The van der Waals surface area contributed by atoms with Gasteiger partial charge in [-0.25, -0.2) is 0 Å². The first-order valence-corrected chi connectivity index (χ1v) is 8.34. The second-order valence-electron chi connectivity index (χ2n) is 6.14. The summed E-state index contributed by atoms with van der Waals surface area (Å²) in [6, 6.07) is 14.6. The summed E-state index contributed by atoms with van der Waals surface area (Å²) in [7, 11) is 3.05. The van der Waals surface area contributed by atoms with Crippen LogP contribution in [0.3, 0.4) is 0 Å². The maximum Gasteiger partial charge on any atom is 0.317 e. The van der Waals surface area contributed by atoms with Crippen molar-refractivity contribution in [2.75, 3.05) is 26.1 Å². The van der Waals surface area contributed by atoms with Gasteiger partial charge in [0.1, 0.15) is 11.5 Å². The Morgan fingerprint density at radius 1 is 1.04 bits per heavy atom. The zero-order valence-corrected chi connectivity index (χ0v) is 14.8. The van der Waals surface area contributed by atoms with Crippen LogP contribution in [0.15, 0.2) is 48.5 Å². The van der Waals surface area contributed by atoms with E-state index in [2.05, 4.69) is 5.32 Å². The van der Waals surface area contributed by atoms with Crippen molar-refractivity contribution in [3.8, 4) is 11.5 Å².